The Morgan fingerprint density at radius 1 is 1.10 bits per heavy atom. The molecule has 0 amide bonds. The number of hydrogen-bond donors (Lipinski definition) is 2. The predicted octanol–water partition coefficient (Wildman–Crippen LogP) is -3.87. The van der Waals surface area contributed by atoms with Crippen LogP contribution in [0.3, 0.4) is 0 Å². The van der Waals surface area contributed by atoms with Crippen molar-refractivity contribution in [3.8, 4) is 0 Å². The Bertz CT molecular complexity index is 124. The van der Waals surface area contributed by atoms with Crippen LogP contribution in [0.15, 0.2) is 0 Å². The minimum Gasteiger partial charge on any atom is -0.759 e. The van der Waals surface area contributed by atoms with Gasteiger partial charge in [0.15, 0.2) is 0 Å². The zero-order valence-electron chi connectivity index (χ0n) is 5.22. The first kappa shape index (κ1) is 16.7. The third kappa shape index (κ3) is 259. The Labute approximate surface area is 70.0 Å². The van der Waals surface area contributed by atoms with Gasteiger partial charge in [-0.25, -0.2) is 0 Å². The van der Waals surface area contributed by atoms with Gasteiger partial charge in [0.1, 0.15) is 13.1 Å². The molecule has 8 heteroatoms. The Kier molecular flexibility index (Phi) is 15.6. The van der Waals surface area contributed by atoms with E-state index in [1.165, 1.54) is 0 Å². The Morgan fingerprint density at radius 3 is 1.20 bits per heavy atom. The van der Waals surface area contributed by atoms with Gasteiger partial charge in [-0.05, 0) is 0 Å². The van der Waals surface area contributed by atoms with Gasteiger partial charge in [-0.3, -0.25) is 8.42 Å². The van der Waals surface area contributed by atoms with E-state index in [1.54, 1.807) is 0 Å². The molecule has 0 aromatic rings. The van der Waals surface area contributed by atoms with Crippen LogP contribution in [0.5, 0.6) is 0 Å². The van der Waals surface area contributed by atoms with Crippen molar-refractivity contribution in [3.63, 3.8) is 0 Å². The average Bonchev–Trinajstić information content (AvgIpc) is 1.61. The molecule has 64 valence electrons. The van der Waals surface area contributed by atoms with Gasteiger partial charge < -0.3 is 20.6 Å². The Hall–Kier alpha value is 0.309. The van der Waals surface area contributed by atoms with Crippen molar-refractivity contribution in [2.75, 3.05) is 13.1 Å². The van der Waals surface area contributed by atoms with E-state index < -0.39 is 10.4 Å². The van der Waals surface area contributed by atoms with Crippen LogP contribution in [-0.4, -0.2) is 30.6 Å². The monoisotopic (exact) mass is 214 g/mol. The fraction of sp³-hybridized carbons (Fsp3) is 1.00. The predicted molar refractivity (Wildman–Crippen MR) is 26.0 cm³/mol. The molecule has 0 saturated heterocycles. The molecule has 0 unspecified atom stereocenters. The van der Waals surface area contributed by atoms with Crippen molar-refractivity contribution in [3.05, 3.63) is 0 Å². The molecule has 0 radical (unpaired) electrons. The van der Waals surface area contributed by atoms with E-state index in [4.69, 9.17) is 17.5 Å². The normalized spacial score (nSPS) is 8.80. The molecule has 0 aromatic carbocycles. The van der Waals surface area contributed by atoms with Gasteiger partial charge in [-0.2, -0.15) is 0 Å². The molecule has 0 spiro atoms. The molecule has 0 rings (SSSR count). The van der Waals surface area contributed by atoms with E-state index in [0.717, 1.165) is 13.1 Å². The van der Waals surface area contributed by atoms with Gasteiger partial charge in [-0.1, -0.05) is 0 Å². The van der Waals surface area contributed by atoms with Crippen LogP contribution in [0.4, 0.5) is 0 Å². The fourth-order valence-electron chi connectivity index (χ4n) is 0. The maximum Gasteiger partial charge on any atom is 2.00 e. The summed E-state index contributed by atoms with van der Waals surface area (Å²) in [4.78, 5) is 0. The van der Waals surface area contributed by atoms with E-state index >= 15 is 0 Å². The van der Waals surface area contributed by atoms with Crippen LogP contribution < -0.4 is 11.5 Å². The second-order valence-corrected chi connectivity index (χ2v) is 1.93. The maximum atomic E-state index is 8.52. The average molecular weight is 214 g/mol. The van der Waals surface area contributed by atoms with Gasteiger partial charge in [0.2, 0.25) is 0 Å². The first-order chi connectivity index (χ1) is 3.91. The summed E-state index contributed by atoms with van der Waals surface area (Å²) in [6, 6.07) is 0. The molecule has 0 saturated carbocycles. The largest absolute Gasteiger partial charge is 2.00 e. The molecule has 0 atom stereocenters. The number of rotatable bonds is 1. The first-order valence-corrected chi connectivity index (χ1v) is 3.50. The molecule has 0 heterocycles. The summed E-state index contributed by atoms with van der Waals surface area (Å²) < 4.78 is 34.1. The van der Waals surface area contributed by atoms with E-state index in [9.17, 15) is 0 Å². The summed E-state index contributed by atoms with van der Waals surface area (Å²) in [7, 11) is -5.17. The van der Waals surface area contributed by atoms with Crippen molar-refractivity contribution in [2.45, 2.75) is 0 Å². The zero-order chi connectivity index (χ0) is 7.91. The number of hydrogen-bond acceptors (Lipinski definition) is 4. The van der Waals surface area contributed by atoms with Crippen molar-refractivity contribution in [1.29, 1.82) is 0 Å². The Balaban J connectivity index is -0.0000000910. The topological polar surface area (TPSA) is 136 Å². The van der Waals surface area contributed by atoms with E-state index in [-0.39, 0.29) is 17.1 Å². The molecule has 10 heavy (non-hydrogen) atoms. The summed E-state index contributed by atoms with van der Waals surface area (Å²) in [5.74, 6) is 0. The van der Waals surface area contributed by atoms with Crippen LogP contribution in [0.1, 0.15) is 0 Å². The molecular formula is C2H10FeN2O4S+2. The van der Waals surface area contributed by atoms with Gasteiger partial charge in [0.25, 0.3) is 0 Å². The molecule has 0 aliphatic heterocycles. The Morgan fingerprint density at radius 2 is 1.20 bits per heavy atom. The summed E-state index contributed by atoms with van der Waals surface area (Å²) in [6.45, 7) is 1.92. The standard InChI is InChI=1S/C2H8N2.Fe.H2O4S/c3-1-2-4;;1-5(2,3)4/h1-4H2;;(H2,1,2,3,4)/q;+2;. The third-order valence-electron chi connectivity index (χ3n) is 0.250. The maximum absolute atomic E-state index is 8.52. The molecule has 0 fully saturated rings. The van der Waals surface area contributed by atoms with Crippen LogP contribution in [0.25, 0.3) is 0 Å². The minimum absolute atomic E-state index is 0. The van der Waals surface area contributed by atoms with Gasteiger partial charge in [0.05, 0.1) is 0 Å². The molecule has 6 N–H and O–H groups in total. The molecule has 0 aliphatic rings. The van der Waals surface area contributed by atoms with Gasteiger partial charge in [-0.15, -0.1) is 0 Å². The summed E-state index contributed by atoms with van der Waals surface area (Å²) in [6.07, 6.45) is 0. The quantitative estimate of drug-likeness (QED) is 0.262. The van der Waals surface area contributed by atoms with Crippen molar-refractivity contribution >= 4 is 10.4 Å². The molecule has 0 bridgehead atoms. The van der Waals surface area contributed by atoms with Crippen LogP contribution >= 0.6 is 0 Å². The smallest absolute Gasteiger partial charge is 0.759 e. The SMILES string of the molecule is O=S(=O)([O-])[O-].[Fe+2].[NH3+]CC[NH3+]. The van der Waals surface area contributed by atoms with E-state index in [0.29, 0.717) is 0 Å². The molecule has 6 nitrogen and oxygen atoms in total. The summed E-state index contributed by atoms with van der Waals surface area (Å²) >= 11 is 0. The van der Waals surface area contributed by atoms with Crippen LogP contribution in [0.2, 0.25) is 0 Å². The van der Waals surface area contributed by atoms with Crippen LogP contribution in [-0.2, 0) is 27.5 Å². The first-order valence-electron chi connectivity index (χ1n) is 2.17. The number of quaternary nitrogens is 2. The zero-order valence-corrected chi connectivity index (χ0v) is 7.14. The molecular weight excluding hydrogens is 204 g/mol. The minimum atomic E-state index is -5.17. The van der Waals surface area contributed by atoms with E-state index in [2.05, 4.69) is 11.5 Å². The fourth-order valence-corrected chi connectivity index (χ4v) is 0. The molecule has 0 aliphatic carbocycles. The second-order valence-electron chi connectivity index (χ2n) is 1.12. The van der Waals surface area contributed by atoms with Crippen molar-refractivity contribution in [1.82, 2.24) is 0 Å². The van der Waals surface area contributed by atoms with Crippen molar-refractivity contribution in [2.24, 2.45) is 0 Å². The van der Waals surface area contributed by atoms with E-state index in [1.807, 2.05) is 0 Å². The van der Waals surface area contributed by atoms with Crippen molar-refractivity contribution < 1.29 is 46.1 Å². The molecule has 0 aromatic heterocycles. The van der Waals surface area contributed by atoms with Gasteiger partial charge in [0, 0.05) is 10.4 Å². The third-order valence-corrected chi connectivity index (χ3v) is 0.250. The summed E-state index contributed by atoms with van der Waals surface area (Å²) in [5, 5.41) is 0. The van der Waals surface area contributed by atoms with Gasteiger partial charge >= 0.3 is 17.1 Å². The van der Waals surface area contributed by atoms with Crippen LogP contribution in [0, 0.1) is 0 Å². The summed E-state index contributed by atoms with van der Waals surface area (Å²) in [5.41, 5.74) is 7.08. The second kappa shape index (κ2) is 9.31.